The molecule has 0 unspecified atom stereocenters. The smallest absolute Gasteiger partial charge is 0.197 e. The van der Waals surface area contributed by atoms with E-state index in [1.165, 1.54) is 6.39 Å². The molecule has 0 amide bonds. The third-order valence-electron chi connectivity index (χ3n) is 2.97. The van der Waals surface area contributed by atoms with Gasteiger partial charge in [0.15, 0.2) is 18.1 Å². The summed E-state index contributed by atoms with van der Waals surface area (Å²) in [5.41, 5.74) is 2.48. The van der Waals surface area contributed by atoms with E-state index in [1.54, 1.807) is 18.3 Å². The number of halogens is 1. The lowest BCUT2D eigenvalue weighted by Crippen LogP contribution is -2.20. The van der Waals surface area contributed by atoms with Gasteiger partial charge in [-0.15, -0.1) is 0 Å². The molecule has 3 rings (SSSR count). The number of hydrogen-bond acceptors (Lipinski definition) is 3. The summed E-state index contributed by atoms with van der Waals surface area (Å²) in [5.74, 6) is 0.869. The van der Waals surface area contributed by atoms with Crippen LogP contribution in [0, 0.1) is 5.41 Å². The first kappa shape index (κ1) is 14.2. The SMILES string of the molecule is N=C(Nc1ccc(-c2cnco2)cc1)Nc1cccc(Cl)c1. The van der Waals surface area contributed by atoms with Gasteiger partial charge in [0, 0.05) is 22.0 Å². The predicted octanol–water partition coefficient (Wildman–Crippen LogP) is 4.45. The molecule has 5 nitrogen and oxygen atoms in total. The summed E-state index contributed by atoms with van der Waals surface area (Å²) in [7, 11) is 0. The first-order chi connectivity index (χ1) is 10.7. The summed E-state index contributed by atoms with van der Waals surface area (Å²) < 4.78 is 5.23. The number of anilines is 2. The third kappa shape index (κ3) is 3.45. The minimum absolute atomic E-state index is 0.162. The fourth-order valence-electron chi connectivity index (χ4n) is 1.96. The van der Waals surface area contributed by atoms with Crippen LogP contribution < -0.4 is 10.6 Å². The van der Waals surface area contributed by atoms with Crippen LogP contribution >= 0.6 is 11.6 Å². The van der Waals surface area contributed by atoms with Crippen LogP contribution in [0.25, 0.3) is 11.3 Å². The van der Waals surface area contributed by atoms with E-state index in [-0.39, 0.29) is 5.96 Å². The number of oxazole rings is 1. The molecule has 0 atom stereocenters. The summed E-state index contributed by atoms with van der Waals surface area (Å²) in [6, 6.07) is 14.7. The highest BCUT2D eigenvalue weighted by Crippen LogP contribution is 2.21. The van der Waals surface area contributed by atoms with Crippen LogP contribution in [0.2, 0.25) is 5.02 Å². The number of nitrogens with zero attached hydrogens (tertiary/aromatic N) is 1. The summed E-state index contributed by atoms with van der Waals surface area (Å²) in [5, 5.41) is 14.5. The molecule has 6 heteroatoms. The average Bonchev–Trinajstić information content (AvgIpc) is 3.02. The molecule has 1 heterocycles. The summed E-state index contributed by atoms with van der Waals surface area (Å²) >= 11 is 5.91. The van der Waals surface area contributed by atoms with Crippen molar-refractivity contribution in [1.82, 2.24) is 4.98 Å². The topological polar surface area (TPSA) is 73.9 Å². The molecule has 0 spiro atoms. The van der Waals surface area contributed by atoms with Crippen LogP contribution in [-0.4, -0.2) is 10.9 Å². The number of aromatic nitrogens is 1. The molecule has 3 aromatic rings. The van der Waals surface area contributed by atoms with Crippen LogP contribution in [0.3, 0.4) is 0 Å². The number of rotatable bonds is 3. The monoisotopic (exact) mass is 312 g/mol. The van der Waals surface area contributed by atoms with Gasteiger partial charge in [0.1, 0.15) is 0 Å². The Labute approximate surface area is 132 Å². The van der Waals surface area contributed by atoms with Crippen molar-refractivity contribution in [2.24, 2.45) is 0 Å². The summed E-state index contributed by atoms with van der Waals surface area (Å²) in [4.78, 5) is 3.89. The van der Waals surface area contributed by atoms with Gasteiger partial charge in [-0.2, -0.15) is 0 Å². The van der Waals surface area contributed by atoms with Crippen molar-refractivity contribution in [1.29, 1.82) is 5.41 Å². The number of nitrogens with one attached hydrogen (secondary N) is 3. The maximum atomic E-state index is 7.93. The minimum Gasteiger partial charge on any atom is -0.444 e. The Morgan fingerprint density at radius 3 is 2.50 bits per heavy atom. The highest BCUT2D eigenvalue weighted by atomic mass is 35.5. The highest BCUT2D eigenvalue weighted by Gasteiger charge is 2.03. The van der Waals surface area contributed by atoms with Crippen molar-refractivity contribution in [3.8, 4) is 11.3 Å². The molecule has 0 fully saturated rings. The quantitative estimate of drug-likeness (QED) is 0.493. The maximum Gasteiger partial charge on any atom is 0.197 e. The van der Waals surface area contributed by atoms with E-state index < -0.39 is 0 Å². The molecule has 0 aliphatic heterocycles. The van der Waals surface area contributed by atoms with Gasteiger partial charge in [0.05, 0.1) is 6.20 Å². The highest BCUT2D eigenvalue weighted by molar-refractivity contribution is 6.30. The Kier molecular flexibility index (Phi) is 4.07. The van der Waals surface area contributed by atoms with Gasteiger partial charge in [-0.25, -0.2) is 4.98 Å². The Bertz CT molecular complexity index is 769. The molecule has 110 valence electrons. The number of benzene rings is 2. The summed E-state index contributed by atoms with van der Waals surface area (Å²) in [6.45, 7) is 0. The van der Waals surface area contributed by atoms with Crippen molar-refractivity contribution < 1.29 is 4.42 Å². The van der Waals surface area contributed by atoms with Crippen molar-refractivity contribution in [3.05, 3.63) is 66.1 Å². The standard InChI is InChI=1S/C16H13ClN4O/c17-12-2-1-3-14(8-12)21-16(18)20-13-6-4-11(5-7-13)15-9-19-10-22-15/h1-10H,(H3,18,20,21). The maximum absolute atomic E-state index is 7.93. The normalized spacial score (nSPS) is 10.2. The molecule has 0 saturated carbocycles. The van der Waals surface area contributed by atoms with Crippen LogP contribution in [-0.2, 0) is 0 Å². The molecule has 22 heavy (non-hydrogen) atoms. The Morgan fingerprint density at radius 1 is 1.05 bits per heavy atom. The first-order valence-corrected chi connectivity index (χ1v) is 6.95. The number of guanidine groups is 1. The molecular weight excluding hydrogens is 300 g/mol. The van der Waals surface area contributed by atoms with Crippen LogP contribution in [0.5, 0.6) is 0 Å². The Balaban J connectivity index is 1.64. The van der Waals surface area contributed by atoms with E-state index in [4.69, 9.17) is 21.4 Å². The van der Waals surface area contributed by atoms with Crippen LogP contribution in [0.4, 0.5) is 11.4 Å². The average molecular weight is 313 g/mol. The zero-order valence-corrected chi connectivity index (χ0v) is 12.3. The summed E-state index contributed by atoms with van der Waals surface area (Å²) in [6.07, 6.45) is 3.05. The fraction of sp³-hybridized carbons (Fsp3) is 0. The van der Waals surface area contributed by atoms with Gasteiger partial charge in [-0.05, 0) is 42.5 Å². The number of hydrogen-bond donors (Lipinski definition) is 3. The molecule has 2 aromatic carbocycles. The lowest BCUT2D eigenvalue weighted by molar-refractivity contribution is 0.572. The van der Waals surface area contributed by atoms with Crippen molar-refractivity contribution in [2.45, 2.75) is 0 Å². The van der Waals surface area contributed by atoms with E-state index in [9.17, 15) is 0 Å². The van der Waals surface area contributed by atoms with Gasteiger partial charge in [-0.1, -0.05) is 17.7 Å². The zero-order valence-electron chi connectivity index (χ0n) is 11.5. The lowest BCUT2D eigenvalue weighted by Gasteiger charge is -2.11. The third-order valence-corrected chi connectivity index (χ3v) is 3.20. The lowest BCUT2D eigenvalue weighted by atomic mass is 10.2. The molecule has 3 N–H and O–H groups in total. The predicted molar refractivity (Wildman–Crippen MR) is 88.4 cm³/mol. The van der Waals surface area contributed by atoms with Crippen molar-refractivity contribution in [3.63, 3.8) is 0 Å². The second kappa shape index (κ2) is 6.32. The second-order valence-corrected chi connectivity index (χ2v) is 5.01. The van der Waals surface area contributed by atoms with Gasteiger partial charge in [0.2, 0.25) is 0 Å². The molecule has 1 aromatic heterocycles. The van der Waals surface area contributed by atoms with Crippen LogP contribution in [0.1, 0.15) is 0 Å². The second-order valence-electron chi connectivity index (χ2n) is 4.58. The van der Waals surface area contributed by atoms with E-state index in [0.717, 1.165) is 16.9 Å². The zero-order chi connectivity index (χ0) is 15.4. The van der Waals surface area contributed by atoms with Crippen LogP contribution in [0.15, 0.2) is 65.5 Å². The Hall–Kier alpha value is -2.79. The van der Waals surface area contributed by atoms with Crippen molar-refractivity contribution in [2.75, 3.05) is 10.6 Å². The molecular formula is C16H13ClN4O. The van der Waals surface area contributed by atoms with Gasteiger partial charge in [0.25, 0.3) is 0 Å². The van der Waals surface area contributed by atoms with Crippen molar-refractivity contribution >= 4 is 28.9 Å². The Morgan fingerprint density at radius 2 is 1.82 bits per heavy atom. The van der Waals surface area contributed by atoms with Gasteiger partial charge in [-0.3, -0.25) is 5.41 Å². The molecule has 0 saturated heterocycles. The van der Waals surface area contributed by atoms with E-state index in [1.807, 2.05) is 36.4 Å². The van der Waals surface area contributed by atoms with Gasteiger partial charge < -0.3 is 15.1 Å². The molecule has 0 aliphatic rings. The first-order valence-electron chi connectivity index (χ1n) is 6.58. The molecule has 0 bridgehead atoms. The minimum atomic E-state index is 0.162. The largest absolute Gasteiger partial charge is 0.444 e. The van der Waals surface area contributed by atoms with Gasteiger partial charge >= 0.3 is 0 Å². The van der Waals surface area contributed by atoms with E-state index in [2.05, 4.69) is 15.6 Å². The molecule has 0 radical (unpaired) electrons. The van der Waals surface area contributed by atoms with E-state index in [0.29, 0.717) is 10.8 Å². The van der Waals surface area contributed by atoms with E-state index >= 15 is 0 Å². The molecule has 0 aliphatic carbocycles. The fourth-order valence-corrected chi connectivity index (χ4v) is 2.15.